The molecule has 0 atom stereocenters. The van der Waals surface area contributed by atoms with Gasteiger partial charge in [-0.05, 0) is 24.6 Å². The van der Waals surface area contributed by atoms with Crippen molar-refractivity contribution in [3.05, 3.63) is 29.6 Å². The summed E-state index contributed by atoms with van der Waals surface area (Å²) in [7, 11) is 0. The van der Waals surface area contributed by atoms with E-state index in [1.807, 2.05) is 0 Å². The van der Waals surface area contributed by atoms with Crippen LogP contribution in [-0.4, -0.2) is 10.8 Å². The molecule has 1 aromatic heterocycles. The van der Waals surface area contributed by atoms with Crippen molar-refractivity contribution in [1.82, 2.24) is 4.98 Å². The molecule has 2 nitrogen and oxygen atoms in total. The zero-order valence-electron chi connectivity index (χ0n) is 7.13. The van der Waals surface area contributed by atoms with Gasteiger partial charge in [0.15, 0.2) is 0 Å². The smallest absolute Gasteiger partial charge is 0.280 e. The third kappa shape index (κ3) is 2.89. The Balaban J connectivity index is 2.85. The summed E-state index contributed by atoms with van der Waals surface area (Å²) in [6.07, 6.45) is -1.10. The molecule has 0 fully saturated rings. The monoisotopic (exact) mass is 185 g/mol. The van der Waals surface area contributed by atoms with E-state index in [2.05, 4.69) is 4.98 Å². The molecule has 0 spiro atoms. The number of Topliss-reactive ketones (excluding diaryl/α,β-unsaturated/α-hetero) is 1. The highest BCUT2D eigenvalue weighted by molar-refractivity contribution is 5.78. The molecule has 0 bridgehead atoms. The maximum absolute atomic E-state index is 12.1. The number of nitrogens with zero attached hydrogens (tertiary/aromatic N) is 1. The molecule has 1 heterocycles. The minimum atomic E-state index is -2.58. The molecule has 13 heavy (non-hydrogen) atoms. The van der Waals surface area contributed by atoms with Gasteiger partial charge in [0.25, 0.3) is 6.43 Å². The van der Waals surface area contributed by atoms with Crippen LogP contribution in [-0.2, 0) is 11.2 Å². The lowest BCUT2D eigenvalue weighted by molar-refractivity contribution is -0.116. The van der Waals surface area contributed by atoms with Crippen LogP contribution in [0, 0.1) is 0 Å². The zero-order valence-corrected chi connectivity index (χ0v) is 7.13. The number of alkyl halides is 2. The Hall–Kier alpha value is -1.32. The SMILES string of the molecule is CC(=O)Cc1ccnc(C(F)F)c1. The van der Waals surface area contributed by atoms with Gasteiger partial charge < -0.3 is 0 Å². The van der Waals surface area contributed by atoms with Crippen LogP contribution in [0.2, 0.25) is 0 Å². The van der Waals surface area contributed by atoms with Crippen LogP contribution in [0.25, 0.3) is 0 Å². The summed E-state index contributed by atoms with van der Waals surface area (Å²) in [5.41, 5.74) is 0.302. The highest BCUT2D eigenvalue weighted by atomic mass is 19.3. The van der Waals surface area contributed by atoms with E-state index in [0.717, 1.165) is 0 Å². The quantitative estimate of drug-likeness (QED) is 0.722. The number of carbonyl (C=O) groups excluding carboxylic acids is 1. The number of halogens is 2. The Morgan fingerprint density at radius 1 is 1.62 bits per heavy atom. The summed E-state index contributed by atoms with van der Waals surface area (Å²) < 4.78 is 24.3. The van der Waals surface area contributed by atoms with E-state index in [1.54, 1.807) is 6.07 Å². The fourth-order valence-corrected chi connectivity index (χ4v) is 1.01. The Kier molecular flexibility index (Phi) is 3.06. The fourth-order valence-electron chi connectivity index (χ4n) is 1.01. The van der Waals surface area contributed by atoms with Crippen molar-refractivity contribution < 1.29 is 13.6 Å². The van der Waals surface area contributed by atoms with Crippen LogP contribution in [0.1, 0.15) is 24.6 Å². The maximum Gasteiger partial charge on any atom is 0.280 e. The molecular weight excluding hydrogens is 176 g/mol. The number of ketones is 1. The summed E-state index contributed by atoms with van der Waals surface area (Å²) in [6, 6.07) is 2.82. The number of aromatic nitrogens is 1. The van der Waals surface area contributed by atoms with Crippen molar-refractivity contribution in [1.29, 1.82) is 0 Å². The minimum absolute atomic E-state index is 0.0496. The first kappa shape index (κ1) is 9.77. The van der Waals surface area contributed by atoms with E-state index in [1.165, 1.54) is 19.2 Å². The van der Waals surface area contributed by atoms with E-state index in [-0.39, 0.29) is 17.9 Å². The molecular formula is C9H9F2NO. The Morgan fingerprint density at radius 2 is 2.31 bits per heavy atom. The molecule has 1 aromatic rings. The van der Waals surface area contributed by atoms with E-state index in [0.29, 0.717) is 5.56 Å². The van der Waals surface area contributed by atoms with Gasteiger partial charge in [-0.2, -0.15) is 0 Å². The first-order valence-electron chi connectivity index (χ1n) is 3.82. The summed E-state index contributed by atoms with van der Waals surface area (Å²) in [4.78, 5) is 14.2. The molecule has 0 aromatic carbocycles. The van der Waals surface area contributed by atoms with E-state index in [4.69, 9.17) is 0 Å². The van der Waals surface area contributed by atoms with Gasteiger partial charge in [-0.25, -0.2) is 8.78 Å². The van der Waals surface area contributed by atoms with Crippen molar-refractivity contribution >= 4 is 5.78 Å². The lowest BCUT2D eigenvalue weighted by atomic mass is 10.1. The number of rotatable bonds is 3. The maximum atomic E-state index is 12.1. The summed E-state index contributed by atoms with van der Waals surface area (Å²) in [6.45, 7) is 1.42. The predicted octanol–water partition coefficient (Wildman–Crippen LogP) is 2.15. The van der Waals surface area contributed by atoms with Crippen LogP contribution in [0.15, 0.2) is 18.3 Å². The average Bonchev–Trinajstić information content (AvgIpc) is 2.03. The number of hydrogen-bond acceptors (Lipinski definition) is 2. The third-order valence-corrected chi connectivity index (χ3v) is 1.52. The van der Waals surface area contributed by atoms with Gasteiger partial charge >= 0.3 is 0 Å². The van der Waals surface area contributed by atoms with Gasteiger partial charge in [-0.15, -0.1) is 0 Å². The largest absolute Gasteiger partial charge is 0.300 e. The van der Waals surface area contributed by atoms with Gasteiger partial charge in [0.05, 0.1) is 0 Å². The van der Waals surface area contributed by atoms with Crippen molar-refractivity contribution in [2.24, 2.45) is 0 Å². The minimum Gasteiger partial charge on any atom is -0.300 e. The van der Waals surface area contributed by atoms with Crippen molar-refractivity contribution in [3.63, 3.8) is 0 Å². The van der Waals surface area contributed by atoms with Gasteiger partial charge in [0.1, 0.15) is 11.5 Å². The Labute approximate surface area is 74.6 Å². The van der Waals surface area contributed by atoms with Crippen molar-refractivity contribution in [2.75, 3.05) is 0 Å². The number of pyridine rings is 1. The van der Waals surface area contributed by atoms with Crippen LogP contribution >= 0.6 is 0 Å². The van der Waals surface area contributed by atoms with Crippen LogP contribution < -0.4 is 0 Å². The molecule has 0 aliphatic rings. The zero-order chi connectivity index (χ0) is 9.84. The van der Waals surface area contributed by atoms with Gasteiger partial charge in [0, 0.05) is 12.6 Å². The highest BCUT2D eigenvalue weighted by Crippen LogP contribution is 2.16. The molecule has 4 heteroatoms. The van der Waals surface area contributed by atoms with E-state index < -0.39 is 6.43 Å². The fraction of sp³-hybridized carbons (Fsp3) is 0.333. The normalized spacial score (nSPS) is 10.5. The van der Waals surface area contributed by atoms with Gasteiger partial charge in [0.2, 0.25) is 0 Å². The van der Waals surface area contributed by atoms with Crippen LogP contribution in [0.5, 0.6) is 0 Å². The van der Waals surface area contributed by atoms with Crippen molar-refractivity contribution in [3.8, 4) is 0 Å². The second-order valence-corrected chi connectivity index (χ2v) is 2.77. The predicted molar refractivity (Wildman–Crippen MR) is 43.6 cm³/mol. The molecule has 0 aliphatic carbocycles. The van der Waals surface area contributed by atoms with Gasteiger partial charge in [-0.1, -0.05) is 0 Å². The summed E-state index contributed by atoms with van der Waals surface area (Å²) >= 11 is 0. The Bertz CT molecular complexity index is 312. The molecule has 0 saturated heterocycles. The van der Waals surface area contributed by atoms with Crippen LogP contribution in [0.4, 0.5) is 8.78 Å². The second kappa shape index (κ2) is 4.07. The van der Waals surface area contributed by atoms with Crippen molar-refractivity contribution in [2.45, 2.75) is 19.8 Å². The lowest BCUT2D eigenvalue weighted by Crippen LogP contribution is -1.98. The summed E-state index contributed by atoms with van der Waals surface area (Å²) in [5.74, 6) is -0.0496. The topological polar surface area (TPSA) is 30.0 Å². The molecule has 1 rings (SSSR count). The molecule has 0 N–H and O–H groups in total. The summed E-state index contributed by atoms with van der Waals surface area (Å²) in [5, 5.41) is 0. The first-order chi connectivity index (χ1) is 6.09. The average molecular weight is 185 g/mol. The number of carbonyl (C=O) groups is 1. The Morgan fingerprint density at radius 3 is 2.85 bits per heavy atom. The first-order valence-corrected chi connectivity index (χ1v) is 3.82. The molecule has 0 saturated carbocycles. The lowest BCUT2D eigenvalue weighted by Gasteiger charge is -2.01. The van der Waals surface area contributed by atoms with E-state index >= 15 is 0 Å². The highest BCUT2D eigenvalue weighted by Gasteiger charge is 2.09. The molecule has 0 unspecified atom stereocenters. The molecule has 70 valence electrons. The third-order valence-electron chi connectivity index (χ3n) is 1.52. The molecule has 0 aliphatic heterocycles. The van der Waals surface area contributed by atoms with E-state index in [9.17, 15) is 13.6 Å². The van der Waals surface area contributed by atoms with Crippen LogP contribution in [0.3, 0.4) is 0 Å². The number of hydrogen-bond donors (Lipinski definition) is 0. The van der Waals surface area contributed by atoms with Gasteiger partial charge in [-0.3, -0.25) is 9.78 Å². The standard InChI is InChI=1S/C9H9F2NO/c1-6(13)4-7-2-3-12-8(5-7)9(10)11/h2-3,5,9H,4H2,1H3. The second-order valence-electron chi connectivity index (χ2n) is 2.77. The molecule has 0 radical (unpaired) electrons. The molecule has 0 amide bonds.